The van der Waals surface area contributed by atoms with Crippen LogP contribution in [0.15, 0.2) is 134 Å². The molecule has 78 heavy (non-hydrogen) atoms. The van der Waals surface area contributed by atoms with Gasteiger partial charge in [-0.3, -0.25) is 14.4 Å². The number of hydrogen-bond acceptors (Lipinski definition) is 6. The Bertz CT molecular complexity index is 1670. The molecule has 6 heteroatoms. The molecule has 1 atom stereocenters. The fourth-order valence-electron chi connectivity index (χ4n) is 8.58. The summed E-state index contributed by atoms with van der Waals surface area (Å²) >= 11 is 0. The molecule has 0 aromatic carbocycles. The maximum absolute atomic E-state index is 12.8. The van der Waals surface area contributed by atoms with Gasteiger partial charge in [-0.15, -0.1) is 0 Å². The van der Waals surface area contributed by atoms with E-state index in [-0.39, 0.29) is 31.1 Å². The molecule has 0 aromatic heterocycles. The molecular weight excluding hydrogens is 961 g/mol. The average molecular weight is 1080 g/mol. The SMILES string of the molecule is CC/C=C\C/C=C\C/C=C\C/C=C\C/C=C\C/C=C\C/C=C\C/C=C\C/C=C\CCCCCCCCCC(=O)OCC(COC(=O)CCCCCCCCCCCC)OC(=O)CCCCCCC/C=C\C/C=C\CCCCC. The van der Waals surface area contributed by atoms with Gasteiger partial charge in [-0.2, -0.15) is 0 Å². The molecule has 0 aliphatic rings. The molecule has 442 valence electrons. The van der Waals surface area contributed by atoms with Crippen LogP contribution in [0.1, 0.15) is 284 Å². The van der Waals surface area contributed by atoms with Crippen LogP contribution in [0, 0.1) is 0 Å². The van der Waals surface area contributed by atoms with E-state index >= 15 is 0 Å². The van der Waals surface area contributed by atoms with Crippen LogP contribution >= 0.6 is 0 Å². The molecule has 0 amide bonds. The number of ether oxygens (including phenoxy) is 3. The Morgan fingerprint density at radius 2 is 0.500 bits per heavy atom. The van der Waals surface area contributed by atoms with Gasteiger partial charge in [-0.05, 0) is 122 Å². The number of hydrogen-bond donors (Lipinski definition) is 0. The summed E-state index contributed by atoms with van der Waals surface area (Å²) in [6.07, 6.45) is 91.8. The molecule has 0 radical (unpaired) electrons. The summed E-state index contributed by atoms with van der Waals surface area (Å²) in [5.74, 6) is -0.913. The van der Waals surface area contributed by atoms with Crippen molar-refractivity contribution in [3.63, 3.8) is 0 Å². The second-order valence-electron chi connectivity index (χ2n) is 20.9. The highest BCUT2D eigenvalue weighted by Gasteiger charge is 2.19. The first kappa shape index (κ1) is 73.5. The summed E-state index contributed by atoms with van der Waals surface area (Å²) in [4.78, 5) is 38.2. The van der Waals surface area contributed by atoms with Crippen LogP contribution in [0.4, 0.5) is 0 Å². The lowest BCUT2D eigenvalue weighted by atomic mass is 10.1. The van der Waals surface area contributed by atoms with Gasteiger partial charge in [0.25, 0.3) is 0 Å². The summed E-state index contributed by atoms with van der Waals surface area (Å²) < 4.78 is 16.8. The van der Waals surface area contributed by atoms with Gasteiger partial charge in [-0.25, -0.2) is 0 Å². The lowest BCUT2D eigenvalue weighted by molar-refractivity contribution is -0.167. The molecule has 0 heterocycles. The maximum Gasteiger partial charge on any atom is 0.306 e. The van der Waals surface area contributed by atoms with Gasteiger partial charge < -0.3 is 14.2 Å². The van der Waals surface area contributed by atoms with Crippen LogP contribution in [0.3, 0.4) is 0 Å². The van der Waals surface area contributed by atoms with E-state index in [0.717, 1.165) is 148 Å². The summed E-state index contributed by atoms with van der Waals surface area (Å²) in [7, 11) is 0. The Balaban J connectivity index is 4.22. The number of esters is 3. The molecule has 0 aliphatic heterocycles. The highest BCUT2D eigenvalue weighted by molar-refractivity contribution is 5.71. The van der Waals surface area contributed by atoms with Crippen molar-refractivity contribution in [1.82, 2.24) is 0 Å². The van der Waals surface area contributed by atoms with E-state index in [2.05, 4.69) is 154 Å². The van der Waals surface area contributed by atoms with Gasteiger partial charge in [-0.1, -0.05) is 276 Å². The molecule has 0 fully saturated rings. The molecule has 0 N–H and O–H groups in total. The smallest absolute Gasteiger partial charge is 0.306 e. The summed E-state index contributed by atoms with van der Waals surface area (Å²) in [5.41, 5.74) is 0. The van der Waals surface area contributed by atoms with Crippen molar-refractivity contribution in [3.05, 3.63) is 134 Å². The zero-order valence-electron chi connectivity index (χ0n) is 50.6. The van der Waals surface area contributed by atoms with Crippen molar-refractivity contribution in [2.45, 2.75) is 290 Å². The van der Waals surface area contributed by atoms with Crippen molar-refractivity contribution < 1.29 is 28.6 Å². The average Bonchev–Trinajstić information content (AvgIpc) is 3.44. The zero-order chi connectivity index (χ0) is 56.4. The number of carbonyl (C=O) groups is 3. The lowest BCUT2D eigenvalue weighted by Gasteiger charge is -2.18. The predicted molar refractivity (Wildman–Crippen MR) is 339 cm³/mol. The van der Waals surface area contributed by atoms with Crippen molar-refractivity contribution in [1.29, 1.82) is 0 Å². The van der Waals surface area contributed by atoms with Crippen LogP contribution < -0.4 is 0 Å². The van der Waals surface area contributed by atoms with E-state index in [1.807, 2.05) is 0 Å². The van der Waals surface area contributed by atoms with Crippen LogP contribution in [0.25, 0.3) is 0 Å². The molecule has 0 saturated carbocycles. The third kappa shape index (κ3) is 62.4. The third-order valence-corrected chi connectivity index (χ3v) is 13.4. The van der Waals surface area contributed by atoms with E-state index in [0.29, 0.717) is 19.3 Å². The number of rotatable bonds is 57. The second-order valence-corrected chi connectivity index (χ2v) is 20.9. The molecule has 0 saturated heterocycles. The number of unbranched alkanes of at least 4 members (excludes halogenated alkanes) is 24. The minimum Gasteiger partial charge on any atom is -0.462 e. The number of allylic oxidation sites excluding steroid dienone is 22. The van der Waals surface area contributed by atoms with E-state index in [4.69, 9.17) is 14.2 Å². The molecule has 0 aromatic rings. The van der Waals surface area contributed by atoms with Gasteiger partial charge in [0.05, 0.1) is 0 Å². The first-order chi connectivity index (χ1) is 38.5. The molecule has 0 rings (SSSR count). The lowest BCUT2D eigenvalue weighted by Crippen LogP contribution is -2.30. The molecule has 1 unspecified atom stereocenters. The van der Waals surface area contributed by atoms with Crippen LogP contribution in [-0.4, -0.2) is 37.2 Å². The zero-order valence-corrected chi connectivity index (χ0v) is 50.6. The summed E-state index contributed by atoms with van der Waals surface area (Å²) in [6, 6.07) is 0. The minimum atomic E-state index is -0.791. The Kier molecular flexibility index (Phi) is 61.4. The fourth-order valence-corrected chi connectivity index (χ4v) is 8.58. The van der Waals surface area contributed by atoms with Gasteiger partial charge in [0, 0.05) is 19.3 Å². The largest absolute Gasteiger partial charge is 0.462 e. The maximum atomic E-state index is 12.8. The Labute approximate surface area is 481 Å². The molecule has 0 bridgehead atoms. The number of carbonyl (C=O) groups excluding carboxylic acids is 3. The Morgan fingerprint density at radius 1 is 0.269 bits per heavy atom. The van der Waals surface area contributed by atoms with E-state index in [9.17, 15) is 14.4 Å². The van der Waals surface area contributed by atoms with E-state index < -0.39 is 6.10 Å². The molecular formula is C72H118O6. The van der Waals surface area contributed by atoms with E-state index in [1.54, 1.807) is 0 Å². The van der Waals surface area contributed by atoms with Crippen LogP contribution in [0.2, 0.25) is 0 Å². The van der Waals surface area contributed by atoms with Gasteiger partial charge in [0.15, 0.2) is 6.10 Å². The van der Waals surface area contributed by atoms with Crippen molar-refractivity contribution in [3.8, 4) is 0 Å². The molecule has 0 aliphatic carbocycles. The van der Waals surface area contributed by atoms with Crippen LogP contribution in [0.5, 0.6) is 0 Å². The highest BCUT2D eigenvalue weighted by Crippen LogP contribution is 2.15. The molecule has 6 nitrogen and oxygen atoms in total. The first-order valence-corrected chi connectivity index (χ1v) is 32.2. The van der Waals surface area contributed by atoms with E-state index in [1.165, 1.54) is 96.3 Å². The van der Waals surface area contributed by atoms with Crippen molar-refractivity contribution >= 4 is 17.9 Å². The second kappa shape index (κ2) is 65.1. The quantitative estimate of drug-likeness (QED) is 0.0261. The van der Waals surface area contributed by atoms with Gasteiger partial charge in [0.1, 0.15) is 13.2 Å². The van der Waals surface area contributed by atoms with Crippen LogP contribution in [-0.2, 0) is 28.6 Å². The topological polar surface area (TPSA) is 78.9 Å². The van der Waals surface area contributed by atoms with Gasteiger partial charge >= 0.3 is 17.9 Å². The summed E-state index contributed by atoms with van der Waals surface area (Å²) in [5, 5.41) is 0. The minimum absolute atomic E-state index is 0.0876. The fraction of sp³-hybridized carbons (Fsp3) is 0.653. The third-order valence-electron chi connectivity index (χ3n) is 13.4. The van der Waals surface area contributed by atoms with Gasteiger partial charge in [0.2, 0.25) is 0 Å². The van der Waals surface area contributed by atoms with Crippen molar-refractivity contribution in [2.75, 3.05) is 13.2 Å². The predicted octanol–water partition coefficient (Wildman–Crippen LogP) is 22.2. The van der Waals surface area contributed by atoms with Crippen molar-refractivity contribution in [2.24, 2.45) is 0 Å². The molecule has 0 spiro atoms. The first-order valence-electron chi connectivity index (χ1n) is 32.2. The highest BCUT2D eigenvalue weighted by atomic mass is 16.6. The standard InChI is InChI=1S/C72H118O6/c1-4-7-10-13-16-19-22-24-26-27-28-29-30-31-32-33-34-35-36-37-38-39-40-41-42-43-44-45-47-48-50-53-56-59-62-65-71(74)77-68-69(67-76-70(73)64-61-58-55-52-21-18-15-12-9-6-3)78-72(75)66-63-60-57-54-51-49-46-25-23-20-17-14-11-8-5-2/h7,10,16-17,19-20,24-26,28-29,31-32,34-35,37-38,40-41,43-44,46,69H,4-6,8-9,11-15,18,21-23,27,30,33,36,39,42,45,47-68H2,1-3H3/b10-7-,19-16-,20-17-,26-24-,29-28-,32-31-,35-34-,38-37-,41-40-,44-43-,46-25-. The summed E-state index contributed by atoms with van der Waals surface area (Å²) in [6.45, 7) is 6.47. The normalized spacial score (nSPS) is 13.0. The monoisotopic (exact) mass is 1080 g/mol. The Morgan fingerprint density at radius 3 is 0.808 bits per heavy atom. The Hall–Kier alpha value is -4.45.